The van der Waals surface area contributed by atoms with Crippen molar-refractivity contribution in [1.82, 2.24) is 9.55 Å². The van der Waals surface area contributed by atoms with E-state index in [0.29, 0.717) is 26.8 Å². The van der Waals surface area contributed by atoms with Gasteiger partial charge in [0.05, 0.1) is 18.0 Å². The van der Waals surface area contributed by atoms with Crippen molar-refractivity contribution in [2.75, 3.05) is 7.11 Å². The van der Waals surface area contributed by atoms with E-state index >= 15 is 0 Å². The second-order valence-electron chi connectivity index (χ2n) is 5.93. The fourth-order valence-electron chi connectivity index (χ4n) is 2.68. The van der Waals surface area contributed by atoms with E-state index in [1.54, 1.807) is 17.7 Å². The number of benzene rings is 2. The first-order chi connectivity index (χ1) is 12.0. The number of para-hydroxylation sites is 1. The zero-order valence-corrected chi connectivity index (χ0v) is 15.9. The molecule has 3 rings (SSSR count). The van der Waals surface area contributed by atoms with E-state index in [4.69, 9.17) is 21.3 Å². The van der Waals surface area contributed by atoms with E-state index < -0.39 is 0 Å². The molecule has 2 aromatic carbocycles. The Morgan fingerprint density at radius 1 is 1.24 bits per heavy atom. The number of fused-ring (bicyclic) bond motifs is 1. The van der Waals surface area contributed by atoms with Crippen molar-refractivity contribution in [3.63, 3.8) is 0 Å². The van der Waals surface area contributed by atoms with Crippen molar-refractivity contribution < 1.29 is 4.74 Å². The molecular weight excluding hydrogens is 356 g/mol. The normalized spacial score (nSPS) is 11.2. The summed E-state index contributed by atoms with van der Waals surface area (Å²) in [6.45, 7) is 3.98. The third kappa shape index (κ3) is 3.67. The maximum absolute atomic E-state index is 12.8. The predicted octanol–water partition coefficient (Wildman–Crippen LogP) is 4.93. The molecule has 0 saturated heterocycles. The molecule has 1 aromatic heterocycles. The molecule has 4 nitrogen and oxygen atoms in total. The number of ether oxygens (including phenoxy) is 1. The third-order valence-electron chi connectivity index (χ3n) is 3.89. The van der Waals surface area contributed by atoms with Gasteiger partial charge in [-0.3, -0.25) is 9.36 Å². The summed E-state index contributed by atoms with van der Waals surface area (Å²) in [5.41, 5.74) is 1.67. The maximum Gasteiger partial charge on any atom is 0.262 e. The van der Waals surface area contributed by atoms with Crippen LogP contribution in [0.2, 0.25) is 5.02 Å². The molecule has 1 heterocycles. The van der Waals surface area contributed by atoms with E-state index in [1.807, 2.05) is 50.2 Å². The van der Waals surface area contributed by atoms with Gasteiger partial charge in [-0.05, 0) is 44.2 Å². The van der Waals surface area contributed by atoms with E-state index in [1.165, 1.54) is 11.8 Å². The molecule has 0 saturated carbocycles. The highest BCUT2D eigenvalue weighted by atomic mass is 35.5. The van der Waals surface area contributed by atoms with Crippen molar-refractivity contribution in [3.8, 4) is 5.75 Å². The molecule has 0 aliphatic carbocycles. The molecule has 0 aliphatic rings. The Kier molecular flexibility index (Phi) is 5.35. The standard InChI is InChI=1S/C19H19ClN2O2S/c1-12(2)22-18(23)15-6-4-5-7-16(15)21-19(22)25-11-13-10-14(20)8-9-17(13)24-3/h4-10,12H,11H2,1-3H3. The van der Waals surface area contributed by atoms with Gasteiger partial charge in [-0.1, -0.05) is 35.5 Å². The number of methoxy groups -OCH3 is 1. The third-order valence-corrected chi connectivity index (χ3v) is 5.13. The van der Waals surface area contributed by atoms with Gasteiger partial charge in [0.2, 0.25) is 0 Å². The van der Waals surface area contributed by atoms with Gasteiger partial charge >= 0.3 is 0 Å². The molecule has 25 heavy (non-hydrogen) atoms. The van der Waals surface area contributed by atoms with Crippen LogP contribution < -0.4 is 10.3 Å². The fourth-order valence-corrected chi connectivity index (χ4v) is 3.99. The Bertz CT molecular complexity index is 969. The quantitative estimate of drug-likeness (QED) is 0.469. The zero-order chi connectivity index (χ0) is 18.0. The smallest absolute Gasteiger partial charge is 0.262 e. The molecule has 0 amide bonds. The summed E-state index contributed by atoms with van der Waals surface area (Å²) in [5, 5.41) is 1.99. The van der Waals surface area contributed by atoms with Crippen molar-refractivity contribution in [1.29, 1.82) is 0 Å². The van der Waals surface area contributed by atoms with Crippen LogP contribution in [0.25, 0.3) is 10.9 Å². The Hall–Kier alpha value is -1.98. The van der Waals surface area contributed by atoms with E-state index in [9.17, 15) is 4.79 Å². The van der Waals surface area contributed by atoms with Crippen molar-refractivity contribution >= 4 is 34.3 Å². The van der Waals surface area contributed by atoms with Crippen molar-refractivity contribution in [2.24, 2.45) is 0 Å². The molecule has 130 valence electrons. The minimum atomic E-state index is -0.0128. The van der Waals surface area contributed by atoms with Crippen molar-refractivity contribution in [2.45, 2.75) is 30.8 Å². The van der Waals surface area contributed by atoms with Crippen LogP contribution in [0.1, 0.15) is 25.5 Å². The van der Waals surface area contributed by atoms with Crippen LogP contribution in [0.3, 0.4) is 0 Å². The van der Waals surface area contributed by atoms with Gasteiger partial charge in [-0.2, -0.15) is 0 Å². The minimum absolute atomic E-state index is 0.0128. The Morgan fingerprint density at radius 2 is 2.00 bits per heavy atom. The number of aromatic nitrogens is 2. The highest BCUT2D eigenvalue weighted by Gasteiger charge is 2.15. The van der Waals surface area contributed by atoms with Crippen LogP contribution >= 0.6 is 23.4 Å². The van der Waals surface area contributed by atoms with E-state index in [2.05, 4.69) is 0 Å². The molecule has 0 bridgehead atoms. The highest BCUT2D eigenvalue weighted by molar-refractivity contribution is 7.98. The minimum Gasteiger partial charge on any atom is -0.496 e. The lowest BCUT2D eigenvalue weighted by Gasteiger charge is -2.16. The van der Waals surface area contributed by atoms with E-state index in [0.717, 1.165) is 11.3 Å². The molecule has 0 aliphatic heterocycles. The van der Waals surface area contributed by atoms with Gasteiger partial charge in [-0.25, -0.2) is 4.98 Å². The van der Waals surface area contributed by atoms with Gasteiger partial charge in [0.15, 0.2) is 5.16 Å². The average molecular weight is 375 g/mol. The lowest BCUT2D eigenvalue weighted by molar-refractivity contribution is 0.411. The number of halogens is 1. The summed E-state index contributed by atoms with van der Waals surface area (Å²) in [7, 11) is 1.63. The first-order valence-electron chi connectivity index (χ1n) is 7.97. The van der Waals surface area contributed by atoms with Crippen LogP contribution in [0.5, 0.6) is 5.75 Å². The van der Waals surface area contributed by atoms with Crippen LogP contribution in [-0.4, -0.2) is 16.7 Å². The monoisotopic (exact) mass is 374 g/mol. The molecule has 0 atom stereocenters. The predicted molar refractivity (Wildman–Crippen MR) is 104 cm³/mol. The lowest BCUT2D eigenvalue weighted by Crippen LogP contribution is -2.25. The summed E-state index contributed by atoms with van der Waals surface area (Å²) in [4.78, 5) is 17.5. The number of rotatable bonds is 5. The Balaban J connectivity index is 2.03. The molecule has 0 spiro atoms. The average Bonchev–Trinajstić information content (AvgIpc) is 2.59. The van der Waals surface area contributed by atoms with E-state index in [-0.39, 0.29) is 11.6 Å². The number of thioether (sulfide) groups is 1. The molecule has 3 aromatic rings. The first kappa shape index (κ1) is 17.8. The first-order valence-corrected chi connectivity index (χ1v) is 9.34. The second kappa shape index (κ2) is 7.50. The van der Waals surface area contributed by atoms with Crippen LogP contribution in [-0.2, 0) is 5.75 Å². The molecule has 0 fully saturated rings. The van der Waals surface area contributed by atoms with Gasteiger partial charge in [-0.15, -0.1) is 0 Å². The Labute approximate surface area is 155 Å². The summed E-state index contributed by atoms with van der Waals surface area (Å²) in [6, 6.07) is 13.0. The Morgan fingerprint density at radius 3 is 2.72 bits per heavy atom. The summed E-state index contributed by atoms with van der Waals surface area (Å²) in [6.07, 6.45) is 0. The fraction of sp³-hybridized carbons (Fsp3) is 0.263. The second-order valence-corrected chi connectivity index (χ2v) is 7.30. The van der Waals surface area contributed by atoms with Gasteiger partial charge in [0, 0.05) is 22.4 Å². The maximum atomic E-state index is 12.8. The van der Waals surface area contributed by atoms with Crippen LogP contribution in [0, 0.1) is 0 Å². The lowest BCUT2D eigenvalue weighted by atomic mass is 10.2. The largest absolute Gasteiger partial charge is 0.496 e. The number of nitrogens with zero attached hydrogens (tertiary/aromatic N) is 2. The number of hydrogen-bond donors (Lipinski definition) is 0. The SMILES string of the molecule is COc1ccc(Cl)cc1CSc1nc2ccccc2c(=O)n1C(C)C. The molecule has 0 N–H and O–H groups in total. The van der Waals surface area contributed by atoms with Gasteiger partial charge in [0.1, 0.15) is 5.75 Å². The zero-order valence-electron chi connectivity index (χ0n) is 14.3. The molecule has 0 radical (unpaired) electrons. The van der Waals surface area contributed by atoms with Crippen molar-refractivity contribution in [3.05, 3.63) is 63.4 Å². The topological polar surface area (TPSA) is 44.1 Å². The summed E-state index contributed by atoms with van der Waals surface area (Å²) in [5.74, 6) is 1.39. The highest BCUT2D eigenvalue weighted by Crippen LogP contribution is 2.30. The van der Waals surface area contributed by atoms with Gasteiger partial charge in [0.25, 0.3) is 5.56 Å². The van der Waals surface area contributed by atoms with Crippen LogP contribution in [0.4, 0.5) is 0 Å². The molecular formula is C19H19ClN2O2S. The van der Waals surface area contributed by atoms with Crippen LogP contribution in [0.15, 0.2) is 52.4 Å². The summed E-state index contributed by atoms with van der Waals surface area (Å²) >= 11 is 7.61. The van der Waals surface area contributed by atoms with Gasteiger partial charge < -0.3 is 4.74 Å². The molecule has 0 unspecified atom stereocenters. The summed E-state index contributed by atoms with van der Waals surface area (Å²) < 4.78 is 7.14. The number of hydrogen-bond acceptors (Lipinski definition) is 4. The molecule has 6 heteroatoms.